The zero-order valence-corrected chi connectivity index (χ0v) is 10.7. The molecule has 0 aliphatic carbocycles. The van der Waals surface area contributed by atoms with Gasteiger partial charge in [-0.15, -0.1) is 0 Å². The summed E-state index contributed by atoms with van der Waals surface area (Å²) in [5.41, 5.74) is 6.18. The molecule has 8 heteroatoms. The van der Waals surface area contributed by atoms with E-state index in [0.717, 1.165) is 0 Å². The lowest BCUT2D eigenvalue weighted by Gasteiger charge is -2.09. The molecular weight excluding hydrogens is 270 g/mol. The van der Waals surface area contributed by atoms with Crippen molar-refractivity contribution in [2.24, 2.45) is 5.73 Å². The van der Waals surface area contributed by atoms with Gasteiger partial charge in [-0.25, -0.2) is 4.72 Å². The Bertz CT molecular complexity index is 516. The molecule has 0 amide bonds. The maximum Gasteiger partial charge on any atom is 0.298 e. The Hall–Kier alpha value is -0.890. The van der Waals surface area contributed by atoms with Crippen LogP contribution in [0.25, 0.3) is 0 Å². The van der Waals surface area contributed by atoms with Crippen LogP contribution in [0.4, 0.5) is 5.69 Å². The Morgan fingerprint density at radius 2 is 2.12 bits per heavy atom. The normalized spacial score (nSPS) is 11.1. The van der Waals surface area contributed by atoms with Gasteiger partial charge >= 0.3 is 0 Å². The maximum atomic E-state index is 11.3. The molecule has 0 unspecified atom stereocenters. The van der Waals surface area contributed by atoms with Gasteiger partial charge in [-0.05, 0) is 12.1 Å². The van der Waals surface area contributed by atoms with Gasteiger partial charge in [0.25, 0.3) is 10.2 Å². The lowest BCUT2D eigenvalue weighted by molar-refractivity contribution is 0.593. The third-order valence-electron chi connectivity index (χ3n) is 1.76. The summed E-state index contributed by atoms with van der Waals surface area (Å²) in [4.78, 5) is 0.168. The third-order valence-corrected chi connectivity index (χ3v) is 3.36. The highest BCUT2D eigenvalue weighted by Gasteiger charge is 2.10. The smallest absolute Gasteiger partial charge is 0.298 e. The van der Waals surface area contributed by atoms with Gasteiger partial charge in [-0.2, -0.15) is 8.42 Å². The topological polar surface area (TPSA) is 84.2 Å². The largest absolute Gasteiger partial charge is 0.389 e. The van der Waals surface area contributed by atoms with Crippen LogP contribution >= 0.6 is 23.8 Å². The molecule has 5 nitrogen and oxygen atoms in total. The standard InChI is InChI=1S/C8H10ClN3O2S2/c1-11-16(13,14)12-7-4-5(8(10)15)2-3-6(7)9/h2-4,11-12H,1H3,(H2,10,15). The van der Waals surface area contributed by atoms with Gasteiger partial charge in [0.05, 0.1) is 10.7 Å². The summed E-state index contributed by atoms with van der Waals surface area (Å²) < 4.78 is 26.9. The van der Waals surface area contributed by atoms with E-state index in [-0.39, 0.29) is 15.7 Å². The number of hydrogen-bond donors (Lipinski definition) is 3. The minimum atomic E-state index is -3.61. The summed E-state index contributed by atoms with van der Waals surface area (Å²) in [5, 5.41) is 0.263. The highest BCUT2D eigenvalue weighted by molar-refractivity contribution is 7.90. The fraction of sp³-hybridized carbons (Fsp3) is 0.125. The molecule has 0 aliphatic heterocycles. The van der Waals surface area contributed by atoms with Crippen molar-refractivity contribution in [3.8, 4) is 0 Å². The molecule has 0 aliphatic rings. The molecule has 16 heavy (non-hydrogen) atoms. The first-order chi connectivity index (χ1) is 7.35. The number of nitrogens with one attached hydrogen (secondary N) is 2. The Labute approximate surface area is 104 Å². The van der Waals surface area contributed by atoms with Crippen molar-refractivity contribution in [1.82, 2.24) is 4.72 Å². The molecule has 0 atom stereocenters. The number of rotatable bonds is 4. The minimum absolute atomic E-state index is 0.168. The van der Waals surface area contributed by atoms with Crippen molar-refractivity contribution in [2.75, 3.05) is 11.8 Å². The van der Waals surface area contributed by atoms with E-state index in [1.165, 1.54) is 19.2 Å². The van der Waals surface area contributed by atoms with E-state index in [2.05, 4.69) is 9.44 Å². The summed E-state index contributed by atoms with van der Waals surface area (Å²) in [6, 6.07) is 4.60. The number of nitrogens with two attached hydrogens (primary N) is 1. The van der Waals surface area contributed by atoms with Gasteiger partial charge in [0.15, 0.2) is 0 Å². The summed E-state index contributed by atoms with van der Waals surface area (Å²) in [6.45, 7) is 0. The Balaban J connectivity index is 3.13. The maximum absolute atomic E-state index is 11.3. The van der Waals surface area contributed by atoms with Crippen LogP contribution in [-0.2, 0) is 10.2 Å². The van der Waals surface area contributed by atoms with Crippen LogP contribution in [0.1, 0.15) is 5.56 Å². The molecule has 0 fully saturated rings. The van der Waals surface area contributed by atoms with Crippen molar-refractivity contribution < 1.29 is 8.42 Å². The van der Waals surface area contributed by atoms with E-state index in [1.807, 2.05) is 0 Å². The lowest BCUT2D eigenvalue weighted by atomic mass is 10.2. The van der Waals surface area contributed by atoms with Crippen molar-refractivity contribution >= 4 is 44.7 Å². The van der Waals surface area contributed by atoms with Crippen LogP contribution in [0, 0.1) is 0 Å². The van der Waals surface area contributed by atoms with Gasteiger partial charge in [-0.3, -0.25) is 4.72 Å². The average molecular weight is 280 g/mol. The fourth-order valence-electron chi connectivity index (χ4n) is 0.953. The second-order valence-corrected chi connectivity index (χ2v) is 5.33. The second kappa shape index (κ2) is 4.96. The molecule has 1 rings (SSSR count). The first kappa shape index (κ1) is 13.2. The summed E-state index contributed by atoms with van der Waals surface area (Å²) >= 11 is 10.6. The van der Waals surface area contributed by atoms with Crippen LogP contribution in [0.15, 0.2) is 18.2 Å². The fourth-order valence-corrected chi connectivity index (χ4v) is 1.86. The molecule has 4 N–H and O–H groups in total. The number of thiocarbonyl (C=S) groups is 1. The van der Waals surface area contributed by atoms with Crippen molar-refractivity contribution in [3.05, 3.63) is 28.8 Å². The van der Waals surface area contributed by atoms with Crippen LogP contribution in [0.3, 0.4) is 0 Å². The first-order valence-corrected chi connectivity index (χ1v) is 6.43. The molecule has 0 saturated heterocycles. The number of benzene rings is 1. The quantitative estimate of drug-likeness (QED) is 0.714. The molecule has 0 saturated carbocycles. The van der Waals surface area contributed by atoms with Gasteiger partial charge in [-0.1, -0.05) is 29.9 Å². The van der Waals surface area contributed by atoms with E-state index in [9.17, 15) is 8.42 Å². The molecular formula is C8H10ClN3O2S2. The predicted octanol–water partition coefficient (Wildman–Crippen LogP) is 0.850. The van der Waals surface area contributed by atoms with Crippen molar-refractivity contribution in [1.29, 1.82) is 0 Å². The summed E-state index contributed by atoms with van der Waals surface area (Å²) in [7, 11) is -2.32. The van der Waals surface area contributed by atoms with Crippen LogP contribution < -0.4 is 15.2 Å². The monoisotopic (exact) mass is 279 g/mol. The lowest BCUT2D eigenvalue weighted by Crippen LogP contribution is -2.26. The molecule has 0 bridgehead atoms. The Morgan fingerprint density at radius 1 is 1.50 bits per heavy atom. The average Bonchev–Trinajstić information content (AvgIpc) is 2.21. The van der Waals surface area contributed by atoms with Gasteiger partial charge in [0, 0.05) is 12.6 Å². The summed E-state index contributed by atoms with van der Waals surface area (Å²) in [5.74, 6) is 0. The van der Waals surface area contributed by atoms with Crippen LogP contribution in [-0.4, -0.2) is 20.5 Å². The van der Waals surface area contributed by atoms with Crippen LogP contribution in [0.2, 0.25) is 5.02 Å². The van der Waals surface area contributed by atoms with Crippen molar-refractivity contribution in [2.45, 2.75) is 0 Å². The van der Waals surface area contributed by atoms with E-state index in [0.29, 0.717) is 5.56 Å². The molecule has 0 aromatic heterocycles. The molecule has 0 spiro atoms. The highest BCUT2D eigenvalue weighted by atomic mass is 35.5. The zero-order chi connectivity index (χ0) is 12.3. The Morgan fingerprint density at radius 3 is 2.62 bits per heavy atom. The van der Waals surface area contributed by atoms with E-state index in [4.69, 9.17) is 29.6 Å². The molecule has 88 valence electrons. The number of halogens is 1. The van der Waals surface area contributed by atoms with E-state index >= 15 is 0 Å². The highest BCUT2D eigenvalue weighted by Crippen LogP contribution is 2.23. The molecule has 0 heterocycles. The zero-order valence-electron chi connectivity index (χ0n) is 8.32. The SMILES string of the molecule is CNS(=O)(=O)Nc1cc(C(N)=S)ccc1Cl. The third kappa shape index (κ3) is 3.31. The van der Waals surface area contributed by atoms with Crippen molar-refractivity contribution in [3.63, 3.8) is 0 Å². The van der Waals surface area contributed by atoms with Gasteiger partial charge < -0.3 is 5.73 Å². The van der Waals surface area contributed by atoms with E-state index in [1.54, 1.807) is 6.07 Å². The first-order valence-electron chi connectivity index (χ1n) is 4.16. The molecule has 1 aromatic rings. The number of hydrogen-bond acceptors (Lipinski definition) is 3. The van der Waals surface area contributed by atoms with Gasteiger partial charge in [0.2, 0.25) is 0 Å². The van der Waals surface area contributed by atoms with Crippen LogP contribution in [0.5, 0.6) is 0 Å². The Kier molecular flexibility index (Phi) is 4.09. The minimum Gasteiger partial charge on any atom is -0.389 e. The van der Waals surface area contributed by atoms with E-state index < -0.39 is 10.2 Å². The van der Waals surface area contributed by atoms with Gasteiger partial charge in [0.1, 0.15) is 4.99 Å². The number of anilines is 1. The molecule has 0 radical (unpaired) electrons. The molecule has 1 aromatic carbocycles. The second-order valence-electron chi connectivity index (χ2n) is 2.87. The predicted molar refractivity (Wildman–Crippen MR) is 68.9 cm³/mol. The summed E-state index contributed by atoms with van der Waals surface area (Å²) in [6.07, 6.45) is 0.